The van der Waals surface area contributed by atoms with Gasteiger partial charge in [0.05, 0.1) is 0 Å². The van der Waals surface area contributed by atoms with Crippen molar-refractivity contribution < 1.29 is 4.39 Å². The van der Waals surface area contributed by atoms with Crippen LogP contribution in [-0.2, 0) is 0 Å². The standard InChI is InChI=1S/C11H16ClFN2O2/c1-4-6(2)5-7(3)15-10(16)8(13)9(12)14-11(15)17/h6-7H,4-5H2,1-3H3,(H,14,17). The first-order valence-electron chi connectivity index (χ1n) is 5.58. The van der Waals surface area contributed by atoms with E-state index in [1.807, 2.05) is 13.8 Å². The highest BCUT2D eigenvalue weighted by Gasteiger charge is 2.18. The summed E-state index contributed by atoms with van der Waals surface area (Å²) >= 11 is 5.39. The lowest BCUT2D eigenvalue weighted by Gasteiger charge is -2.17. The van der Waals surface area contributed by atoms with E-state index in [9.17, 15) is 14.0 Å². The molecule has 0 bridgehead atoms. The van der Waals surface area contributed by atoms with Crippen LogP contribution in [0.4, 0.5) is 4.39 Å². The zero-order chi connectivity index (χ0) is 13.2. The lowest BCUT2D eigenvalue weighted by Crippen LogP contribution is -2.39. The number of H-pyrrole nitrogens is 1. The molecule has 0 aliphatic heterocycles. The summed E-state index contributed by atoms with van der Waals surface area (Å²) in [7, 11) is 0. The first kappa shape index (κ1) is 14.0. The molecule has 1 heterocycles. The molecule has 1 aromatic heterocycles. The Kier molecular flexibility index (Phi) is 4.51. The Labute approximate surface area is 103 Å². The molecule has 0 radical (unpaired) electrons. The van der Waals surface area contributed by atoms with Gasteiger partial charge in [0.1, 0.15) is 0 Å². The van der Waals surface area contributed by atoms with Crippen LogP contribution in [0.15, 0.2) is 9.59 Å². The third kappa shape index (κ3) is 2.97. The van der Waals surface area contributed by atoms with E-state index in [1.54, 1.807) is 6.92 Å². The van der Waals surface area contributed by atoms with Gasteiger partial charge in [-0.3, -0.25) is 14.3 Å². The Balaban J connectivity index is 3.19. The van der Waals surface area contributed by atoms with Crippen molar-refractivity contribution in [3.8, 4) is 0 Å². The second-order valence-electron chi connectivity index (χ2n) is 4.33. The first-order chi connectivity index (χ1) is 7.88. The maximum atomic E-state index is 13.3. The Hall–Kier alpha value is -1.10. The minimum absolute atomic E-state index is 0.354. The summed E-state index contributed by atoms with van der Waals surface area (Å²) in [5, 5.41) is -0.535. The number of halogens is 2. The van der Waals surface area contributed by atoms with Crippen LogP contribution >= 0.6 is 11.6 Å². The molecule has 0 amide bonds. The fourth-order valence-corrected chi connectivity index (χ4v) is 1.92. The van der Waals surface area contributed by atoms with E-state index >= 15 is 0 Å². The molecule has 2 atom stereocenters. The number of hydrogen-bond acceptors (Lipinski definition) is 2. The average Bonchev–Trinajstić information content (AvgIpc) is 2.25. The summed E-state index contributed by atoms with van der Waals surface area (Å²) < 4.78 is 14.2. The Morgan fingerprint density at radius 2 is 2.00 bits per heavy atom. The number of nitrogens with one attached hydrogen (secondary N) is 1. The molecule has 0 aliphatic carbocycles. The fourth-order valence-electron chi connectivity index (χ4n) is 1.76. The predicted molar refractivity (Wildman–Crippen MR) is 65.1 cm³/mol. The Morgan fingerprint density at radius 3 is 2.53 bits per heavy atom. The molecule has 0 saturated heterocycles. The molecule has 17 heavy (non-hydrogen) atoms. The predicted octanol–water partition coefficient (Wildman–Crippen LogP) is 2.33. The zero-order valence-corrected chi connectivity index (χ0v) is 10.8. The second kappa shape index (κ2) is 5.49. The molecule has 0 fully saturated rings. The van der Waals surface area contributed by atoms with Crippen molar-refractivity contribution in [2.75, 3.05) is 0 Å². The van der Waals surface area contributed by atoms with Gasteiger partial charge in [0.25, 0.3) is 5.56 Å². The minimum Gasteiger partial charge on any atom is -0.295 e. The molecular formula is C11H16ClFN2O2. The lowest BCUT2D eigenvalue weighted by molar-refractivity contribution is 0.373. The van der Waals surface area contributed by atoms with Gasteiger partial charge in [0, 0.05) is 6.04 Å². The lowest BCUT2D eigenvalue weighted by atomic mass is 10.0. The van der Waals surface area contributed by atoms with E-state index in [2.05, 4.69) is 4.98 Å². The van der Waals surface area contributed by atoms with E-state index < -0.39 is 22.2 Å². The molecule has 4 nitrogen and oxygen atoms in total. The van der Waals surface area contributed by atoms with Crippen LogP contribution in [0, 0.1) is 11.7 Å². The molecule has 96 valence electrons. The average molecular weight is 263 g/mol. The van der Waals surface area contributed by atoms with Crippen molar-refractivity contribution in [3.63, 3.8) is 0 Å². The summed E-state index contributed by atoms with van der Waals surface area (Å²) in [6.07, 6.45) is 1.58. The van der Waals surface area contributed by atoms with Crippen molar-refractivity contribution in [1.29, 1.82) is 0 Å². The number of rotatable bonds is 4. The number of nitrogens with zero attached hydrogens (tertiary/aromatic N) is 1. The molecule has 1 aromatic rings. The van der Waals surface area contributed by atoms with Crippen LogP contribution < -0.4 is 11.2 Å². The molecule has 2 unspecified atom stereocenters. The summed E-state index contributed by atoms with van der Waals surface area (Å²) in [6, 6.07) is -0.354. The van der Waals surface area contributed by atoms with E-state index in [-0.39, 0.29) is 6.04 Å². The van der Waals surface area contributed by atoms with Crippen LogP contribution in [0.3, 0.4) is 0 Å². The Bertz CT molecular complexity index is 509. The van der Waals surface area contributed by atoms with Crippen molar-refractivity contribution >= 4 is 11.6 Å². The van der Waals surface area contributed by atoms with E-state index in [1.165, 1.54) is 0 Å². The smallest absolute Gasteiger partial charge is 0.295 e. The quantitative estimate of drug-likeness (QED) is 0.847. The maximum Gasteiger partial charge on any atom is 0.329 e. The second-order valence-corrected chi connectivity index (χ2v) is 4.71. The molecule has 0 aromatic carbocycles. The molecule has 6 heteroatoms. The van der Waals surface area contributed by atoms with Crippen molar-refractivity contribution in [1.82, 2.24) is 9.55 Å². The van der Waals surface area contributed by atoms with Crippen LogP contribution in [0.1, 0.15) is 39.7 Å². The van der Waals surface area contributed by atoms with Gasteiger partial charge in [-0.2, -0.15) is 4.39 Å². The summed E-state index contributed by atoms with van der Waals surface area (Å²) in [6.45, 7) is 5.75. The van der Waals surface area contributed by atoms with Crippen LogP contribution in [0.25, 0.3) is 0 Å². The van der Waals surface area contributed by atoms with Gasteiger partial charge in [0.15, 0.2) is 5.15 Å². The highest BCUT2D eigenvalue weighted by Crippen LogP contribution is 2.17. The third-order valence-electron chi connectivity index (χ3n) is 2.92. The van der Waals surface area contributed by atoms with E-state index in [0.29, 0.717) is 12.3 Å². The van der Waals surface area contributed by atoms with Crippen LogP contribution in [-0.4, -0.2) is 9.55 Å². The highest BCUT2D eigenvalue weighted by atomic mass is 35.5. The van der Waals surface area contributed by atoms with Gasteiger partial charge in [-0.15, -0.1) is 0 Å². The van der Waals surface area contributed by atoms with Crippen LogP contribution in [0.5, 0.6) is 0 Å². The van der Waals surface area contributed by atoms with Gasteiger partial charge in [0.2, 0.25) is 5.82 Å². The highest BCUT2D eigenvalue weighted by molar-refractivity contribution is 6.29. The normalized spacial score (nSPS) is 14.6. The minimum atomic E-state index is -1.11. The molecule has 1 rings (SSSR count). The number of aromatic nitrogens is 2. The van der Waals surface area contributed by atoms with Crippen molar-refractivity contribution in [3.05, 3.63) is 31.8 Å². The molecular weight excluding hydrogens is 247 g/mol. The zero-order valence-electron chi connectivity index (χ0n) is 10.1. The molecule has 0 aliphatic rings. The van der Waals surface area contributed by atoms with Gasteiger partial charge in [-0.05, 0) is 19.3 Å². The SMILES string of the molecule is CCC(C)CC(C)n1c(=O)[nH]c(Cl)c(F)c1=O. The maximum absolute atomic E-state index is 13.3. The fraction of sp³-hybridized carbons (Fsp3) is 0.636. The third-order valence-corrected chi connectivity index (χ3v) is 3.18. The molecule has 0 spiro atoms. The molecule has 1 N–H and O–H groups in total. The summed E-state index contributed by atoms with van der Waals surface area (Å²) in [4.78, 5) is 25.3. The topological polar surface area (TPSA) is 54.9 Å². The first-order valence-corrected chi connectivity index (χ1v) is 5.96. The van der Waals surface area contributed by atoms with Crippen molar-refractivity contribution in [2.24, 2.45) is 5.92 Å². The molecule has 0 saturated carbocycles. The van der Waals surface area contributed by atoms with Gasteiger partial charge in [-0.1, -0.05) is 31.9 Å². The number of aromatic amines is 1. The van der Waals surface area contributed by atoms with Crippen LogP contribution in [0.2, 0.25) is 5.15 Å². The Morgan fingerprint density at radius 1 is 1.41 bits per heavy atom. The number of hydrogen-bond donors (Lipinski definition) is 1. The van der Waals surface area contributed by atoms with Crippen molar-refractivity contribution in [2.45, 2.75) is 39.7 Å². The summed E-state index contributed by atoms with van der Waals surface area (Å²) in [5.74, 6) is -0.752. The van der Waals surface area contributed by atoms with Gasteiger partial charge in [-0.25, -0.2) is 4.79 Å². The monoisotopic (exact) mass is 262 g/mol. The van der Waals surface area contributed by atoms with Gasteiger partial charge < -0.3 is 0 Å². The van der Waals surface area contributed by atoms with E-state index in [0.717, 1.165) is 11.0 Å². The van der Waals surface area contributed by atoms with Gasteiger partial charge >= 0.3 is 5.69 Å². The largest absolute Gasteiger partial charge is 0.329 e. The van der Waals surface area contributed by atoms with E-state index in [4.69, 9.17) is 11.6 Å². The summed E-state index contributed by atoms with van der Waals surface area (Å²) in [5.41, 5.74) is -1.63.